The first-order chi connectivity index (χ1) is 12.5. The maximum Gasteiger partial charge on any atom is 0.237 e. The fourth-order valence-electron chi connectivity index (χ4n) is 2.45. The number of rotatable bonds is 7. The van der Waals surface area contributed by atoms with Crippen molar-refractivity contribution >= 4 is 40.3 Å². The summed E-state index contributed by atoms with van der Waals surface area (Å²) in [7, 11) is 0. The van der Waals surface area contributed by atoms with Crippen LogP contribution in [-0.2, 0) is 9.59 Å². The number of anilines is 1. The molecule has 2 aromatic carbocycles. The number of nitrogens with zero attached hydrogens (tertiary/aromatic N) is 2. The average Bonchev–Trinajstić information content (AvgIpc) is 3.04. The van der Waals surface area contributed by atoms with Crippen molar-refractivity contribution in [1.29, 1.82) is 0 Å². The molecule has 3 aromatic rings. The summed E-state index contributed by atoms with van der Waals surface area (Å²) >= 11 is 1.27. The highest BCUT2D eigenvalue weighted by Crippen LogP contribution is 2.22. The number of benzene rings is 2. The lowest BCUT2D eigenvalue weighted by Crippen LogP contribution is -2.35. The van der Waals surface area contributed by atoms with Gasteiger partial charge in [0.15, 0.2) is 5.16 Å². The zero-order valence-corrected chi connectivity index (χ0v) is 14.6. The Hall–Kier alpha value is -2.87. The minimum atomic E-state index is -0.505. The summed E-state index contributed by atoms with van der Waals surface area (Å²) in [4.78, 5) is 32.7. The van der Waals surface area contributed by atoms with Gasteiger partial charge in [-0.15, -0.1) is 0 Å². The van der Waals surface area contributed by atoms with E-state index in [1.807, 2.05) is 24.3 Å². The number of fused-ring (bicyclic) bond motifs is 1. The lowest BCUT2D eigenvalue weighted by molar-refractivity contribution is -0.118. The third-order valence-corrected chi connectivity index (χ3v) is 4.58. The van der Waals surface area contributed by atoms with E-state index >= 15 is 0 Å². The van der Waals surface area contributed by atoms with Crippen molar-refractivity contribution in [2.75, 3.05) is 17.2 Å². The fraction of sp³-hybridized carbons (Fsp3) is 0.167. The molecule has 3 N–H and O–H groups in total. The molecular formula is C18H17FN4O2S. The number of thioether (sulfide) groups is 1. The van der Waals surface area contributed by atoms with E-state index in [1.165, 1.54) is 40.9 Å². The maximum absolute atomic E-state index is 13.1. The number of carbonyl (C=O) groups is 2. The van der Waals surface area contributed by atoms with Gasteiger partial charge in [-0.2, -0.15) is 0 Å². The van der Waals surface area contributed by atoms with Gasteiger partial charge in [-0.25, -0.2) is 9.37 Å². The van der Waals surface area contributed by atoms with Crippen LogP contribution >= 0.6 is 11.8 Å². The van der Waals surface area contributed by atoms with Gasteiger partial charge in [-0.1, -0.05) is 23.9 Å². The SMILES string of the molecule is NC(=O)CCN(C(=O)CSc1nc2ccccc2[nH]1)c1ccc(F)cc1. The van der Waals surface area contributed by atoms with Crippen LogP contribution in [0.15, 0.2) is 53.7 Å². The first-order valence-corrected chi connectivity index (χ1v) is 8.93. The van der Waals surface area contributed by atoms with Crippen LogP contribution in [-0.4, -0.2) is 34.1 Å². The van der Waals surface area contributed by atoms with Gasteiger partial charge in [0.25, 0.3) is 0 Å². The molecule has 3 rings (SSSR count). The number of amides is 2. The van der Waals surface area contributed by atoms with Crippen LogP contribution in [0.4, 0.5) is 10.1 Å². The van der Waals surface area contributed by atoms with Gasteiger partial charge < -0.3 is 15.6 Å². The quantitative estimate of drug-likeness (QED) is 0.624. The number of nitrogens with two attached hydrogens (primary N) is 1. The van der Waals surface area contributed by atoms with Crippen LogP contribution in [0.2, 0.25) is 0 Å². The molecule has 26 heavy (non-hydrogen) atoms. The lowest BCUT2D eigenvalue weighted by atomic mass is 10.2. The summed E-state index contributed by atoms with van der Waals surface area (Å²) in [5.74, 6) is -0.999. The zero-order valence-electron chi connectivity index (χ0n) is 13.8. The van der Waals surface area contributed by atoms with Crippen LogP contribution in [0.1, 0.15) is 6.42 Å². The van der Waals surface area contributed by atoms with E-state index in [0.717, 1.165) is 11.0 Å². The van der Waals surface area contributed by atoms with Gasteiger partial charge in [0.2, 0.25) is 11.8 Å². The van der Waals surface area contributed by atoms with Gasteiger partial charge in [0.1, 0.15) is 5.82 Å². The van der Waals surface area contributed by atoms with Crippen LogP contribution < -0.4 is 10.6 Å². The van der Waals surface area contributed by atoms with Crippen molar-refractivity contribution in [2.45, 2.75) is 11.6 Å². The van der Waals surface area contributed by atoms with E-state index in [9.17, 15) is 14.0 Å². The third-order valence-electron chi connectivity index (χ3n) is 3.72. The molecule has 0 aliphatic rings. The number of carbonyl (C=O) groups excluding carboxylic acids is 2. The molecule has 1 heterocycles. The summed E-state index contributed by atoms with van der Waals surface area (Å²) in [5, 5.41) is 0.633. The Morgan fingerprint density at radius 1 is 1.15 bits per heavy atom. The topological polar surface area (TPSA) is 92.1 Å². The molecule has 0 atom stereocenters. The largest absolute Gasteiger partial charge is 0.370 e. The Bertz CT molecular complexity index is 893. The van der Waals surface area contributed by atoms with E-state index in [-0.39, 0.29) is 24.6 Å². The number of halogens is 1. The molecule has 0 fully saturated rings. The predicted octanol–water partition coefficient (Wildman–Crippen LogP) is 2.70. The van der Waals surface area contributed by atoms with Gasteiger partial charge in [0, 0.05) is 18.7 Å². The molecule has 0 bridgehead atoms. The van der Waals surface area contributed by atoms with E-state index in [2.05, 4.69) is 9.97 Å². The molecule has 134 valence electrons. The molecule has 0 radical (unpaired) electrons. The molecule has 1 aromatic heterocycles. The molecule has 0 aliphatic carbocycles. The molecule has 0 saturated carbocycles. The van der Waals surface area contributed by atoms with Gasteiger partial charge in [-0.05, 0) is 36.4 Å². The van der Waals surface area contributed by atoms with Crippen molar-refractivity contribution in [2.24, 2.45) is 5.73 Å². The molecular weight excluding hydrogens is 355 g/mol. The van der Waals surface area contributed by atoms with Crippen molar-refractivity contribution < 1.29 is 14.0 Å². The monoisotopic (exact) mass is 372 g/mol. The minimum Gasteiger partial charge on any atom is -0.370 e. The Labute approximate surface area is 153 Å². The number of hydrogen-bond donors (Lipinski definition) is 2. The third kappa shape index (κ3) is 4.40. The van der Waals surface area contributed by atoms with Gasteiger partial charge >= 0.3 is 0 Å². The fourth-order valence-corrected chi connectivity index (χ4v) is 3.21. The Balaban J connectivity index is 1.71. The Morgan fingerprint density at radius 3 is 2.58 bits per heavy atom. The molecule has 0 saturated heterocycles. The van der Waals surface area contributed by atoms with Crippen molar-refractivity contribution in [3.8, 4) is 0 Å². The number of hydrogen-bond acceptors (Lipinski definition) is 4. The van der Waals surface area contributed by atoms with Gasteiger partial charge in [-0.3, -0.25) is 9.59 Å². The summed E-state index contributed by atoms with van der Waals surface area (Å²) in [5.41, 5.74) is 7.43. The van der Waals surface area contributed by atoms with Crippen LogP contribution in [0.5, 0.6) is 0 Å². The molecule has 6 nitrogen and oxygen atoms in total. The number of imidazole rings is 1. The maximum atomic E-state index is 13.1. The highest BCUT2D eigenvalue weighted by Gasteiger charge is 2.18. The van der Waals surface area contributed by atoms with Gasteiger partial charge in [0.05, 0.1) is 16.8 Å². The van der Waals surface area contributed by atoms with E-state index in [4.69, 9.17) is 5.73 Å². The summed E-state index contributed by atoms with van der Waals surface area (Å²) < 4.78 is 13.1. The van der Waals surface area contributed by atoms with E-state index < -0.39 is 11.7 Å². The summed E-state index contributed by atoms with van der Waals surface area (Å²) in [6.45, 7) is 0.139. The highest BCUT2D eigenvalue weighted by atomic mass is 32.2. The standard InChI is InChI=1S/C18H17FN4O2S/c19-12-5-7-13(8-6-12)23(10-9-16(20)24)17(25)11-26-18-21-14-3-1-2-4-15(14)22-18/h1-8H,9-11H2,(H2,20,24)(H,21,22). The number of para-hydroxylation sites is 2. The highest BCUT2D eigenvalue weighted by molar-refractivity contribution is 7.99. The van der Waals surface area contributed by atoms with Crippen LogP contribution in [0, 0.1) is 5.82 Å². The summed E-state index contributed by atoms with van der Waals surface area (Å²) in [6, 6.07) is 13.1. The van der Waals surface area contributed by atoms with Crippen LogP contribution in [0.3, 0.4) is 0 Å². The van der Waals surface area contributed by atoms with Crippen LogP contribution in [0.25, 0.3) is 11.0 Å². The average molecular weight is 372 g/mol. The molecule has 8 heteroatoms. The number of primary amides is 1. The first-order valence-electron chi connectivity index (χ1n) is 7.95. The predicted molar refractivity (Wildman–Crippen MR) is 99.4 cm³/mol. The number of nitrogens with one attached hydrogen (secondary N) is 1. The normalized spacial score (nSPS) is 10.8. The Morgan fingerprint density at radius 2 is 1.88 bits per heavy atom. The molecule has 0 unspecified atom stereocenters. The number of H-pyrrole nitrogens is 1. The molecule has 2 amide bonds. The first kappa shape index (κ1) is 17.9. The second-order valence-corrected chi connectivity index (χ2v) is 6.55. The number of aromatic amines is 1. The van der Waals surface area contributed by atoms with Crippen molar-refractivity contribution in [3.63, 3.8) is 0 Å². The lowest BCUT2D eigenvalue weighted by Gasteiger charge is -2.22. The second kappa shape index (κ2) is 8.01. The van der Waals surface area contributed by atoms with Crippen molar-refractivity contribution in [3.05, 3.63) is 54.3 Å². The minimum absolute atomic E-state index is 0.0262. The van der Waals surface area contributed by atoms with E-state index in [0.29, 0.717) is 10.8 Å². The zero-order chi connectivity index (χ0) is 18.5. The Kier molecular flexibility index (Phi) is 5.52. The summed E-state index contributed by atoms with van der Waals surface area (Å²) in [6.07, 6.45) is 0.0262. The molecule has 0 spiro atoms. The number of aromatic nitrogens is 2. The second-order valence-electron chi connectivity index (χ2n) is 5.59. The van der Waals surface area contributed by atoms with E-state index in [1.54, 1.807) is 0 Å². The molecule has 0 aliphatic heterocycles. The van der Waals surface area contributed by atoms with Crippen molar-refractivity contribution in [1.82, 2.24) is 9.97 Å². The smallest absolute Gasteiger partial charge is 0.237 e.